The largest absolute Gasteiger partial charge is 0.491 e. The Bertz CT molecular complexity index is 1360. The van der Waals surface area contributed by atoms with Gasteiger partial charge in [0.05, 0.1) is 6.54 Å². The fourth-order valence-electron chi connectivity index (χ4n) is 3.79. The van der Waals surface area contributed by atoms with Crippen LogP contribution in [0.1, 0.15) is 18.1 Å². The molecule has 34 heavy (non-hydrogen) atoms. The number of hydrogen-bond acceptors (Lipinski definition) is 6. The summed E-state index contributed by atoms with van der Waals surface area (Å²) >= 11 is 0. The first-order chi connectivity index (χ1) is 16.5. The Morgan fingerprint density at radius 1 is 1.09 bits per heavy atom. The summed E-state index contributed by atoms with van der Waals surface area (Å²) in [6.07, 6.45) is 0.779. The normalized spacial score (nSPS) is 12.1. The van der Waals surface area contributed by atoms with E-state index in [1.807, 2.05) is 54.6 Å². The molecule has 9 heteroatoms. The van der Waals surface area contributed by atoms with Crippen molar-refractivity contribution in [1.29, 1.82) is 0 Å². The highest BCUT2D eigenvalue weighted by atomic mass is 16.5. The number of imidazole rings is 1. The van der Waals surface area contributed by atoms with Crippen molar-refractivity contribution in [3.63, 3.8) is 0 Å². The number of aromatic amines is 1. The van der Waals surface area contributed by atoms with Gasteiger partial charge in [-0.1, -0.05) is 49.4 Å². The van der Waals surface area contributed by atoms with Crippen LogP contribution in [0.25, 0.3) is 11.2 Å². The number of H-pyrrole nitrogens is 1. The summed E-state index contributed by atoms with van der Waals surface area (Å²) in [5, 5.41) is 14.0. The molecule has 0 aliphatic carbocycles. The summed E-state index contributed by atoms with van der Waals surface area (Å²) in [6, 6.07) is 17.7. The van der Waals surface area contributed by atoms with Crippen molar-refractivity contribution in [2.75, 3.05) is 18.5 Å². The van der Waals surface area contributed by atoms with Crippen LogP contribution in [0.3, 0.4) is 0 Å². The van der Waals surface area contributed by atoms with Crippen LogP contribution >= 0.6 is 0 Å². The zero-order chi connectivity index (χ0) is 24.1. The fourth-order valence-corrected chi connectivity index (χ4v) is 3.79. The Kier molecular flexibility index (Phi) is 7.12. The molecule has 2 aromatic carbocycles. The van der Waals surface area contributed by atoms with Crippen LogP contribution in [0.5, 0.6) is 5.75 Å². The monoisotopic (exact) mass is 463 g/mol. The van der Waals surface area contributed by atoms with Crippen molar-refractivity contribution in [3.05, 3.63) is 86.6 Å². The number of ether oxygens (including phenoxy) is 1. The molecular formula is C25H29N5O4. The summed E-state index contributed by atoms with van der Waals surface area (Å²) in [7, 11) is 1.55. The second kappa shape index (κ2) is 10.4. The molecular weight excluding hydrogens is 434 g/mol. The van der Waals surface area contributed by atoms with Gasteiger partial charge >= 0.3 is 5.69 Å². The van der Waals surface area contributed by atoms with Gasteiger partial charge in [-0.15, -0.1) is 0 Å². The Hall–Kier alpha value is -3.85. The van der Waals surface area contributed by atoms with Crippen molar-refractivity contribution in [1.82, 2.24) is 19.1 Å². The highest BCUT2D eigenvalue weighted by Gasteiger charge is 2.20. The average Bonchev–Trinajstić information content (AvgIpc) is 3.21. The molecule has 0 aliphatic rings. The lowest BCUT2D eigenvalue weighted by Crippen LogP contribution is -2.31. The minimum atomic E-state index is -0.908. The molecule has 2 aromatic heterocycles. The van der Waals surface area contributed by atoms with Gasteiger partial charge in [-0.25, -0.2) is 4.79 Å². The molecule has 0 bridgehead atoms. The quantitative estimate of drug-likeness (QED) is 0.332. The highest BCUT2D eigenvalue weighted by molar-refractivity contribution is 5.74. The first kappa shape index (κ1) is 23.3. The van der Waals surface area contributed by atoms with Crippen LogP contribution in [-0.2, 0) is 26.4 Å². The van der Waals surface area contributed by atoms with Crippen LogP contribution in [0.2, 0.25) is 0 Å². The molecule has 3 N–H and O–H groups in total. The van der Waals surface area contributed by atoms with E-state index in [0.717, 1.165) is 18.4 Å². The van der Waals surface area contributed by atoms with Crippen LogP contribution in [0, 0.1) is 0 Å². The zero-order valence-corrected chi connectivity index (χ0v) is 19.3. The number of nitrogens with one attached hydrogen (secondary N) is 2. The maximum Gasteiger partial charge on any atom is 0.329 e. The predicted octanol–water partition coefficient (Wildman–Crippen LogP) is 2.08. The topological polar surface area (TPSA) is 114 Å². The number of aryl methyl sites for hydroxylation is 2. The minimum absolute atomic E-state index is 0.0399. The third-order valence-electron chi connectivity index (χ3n) is 5.71. The van der Waals surface area contributed by atoms with E-state index >= 15 is 0 Å². The third-order valence-corrected chi connectivity index (χ3v) is 5.71. The number of nitrogens with zero attached hydrogens (tertiary/aromatic N) is 3. The van der Waals surface area contributed by atoms with Gasteiger partial charge in [-0.05, 0) is 36.1 Å². The number of hydrogen-bond donors (Lipinski definition) is 3. The summed E-state index contributed by atoms with van der Waals surface area (Å²) in [6.45, 7) is 2.75. The zero-order valence-electron chi connectivity index (χ0n) is 19.3. The van der Waals surface area contributed by atoms with Crippen LogP contribution in [-0.4, -0.2) is 43.5 Å². The van der Waals surface area contributed by atoms with Gasteiger partial charge in [0.15, 0.2) is 11.2 Å². The lowest BCUT2D eigenvalue weighted by atomic mass is 10.1. The molecule has 0 radical (unpaired) electrons. The van der Waals surface area contributed by atoms with E-state index in [1.54, 1.807) is 11.6 Å². The van der Waals surface area contributed by atoms with Crippen molar-refractivity contribution in [2.24, 2.45) is 7.05 Å². The Morgan fingerprint density at radius 3 is 2.53 bits per heavy atom. The number of aliphatic hydroxyl groups is 1. The van der Waals surface area contributed by atoms with Gasteiger partial charge in [-0.3, -0.25) is 14.3 Å². The smallest absolute Gasteiger partial charge is 0.329 e. The number of benzene rings is 2. The molecule has 178 valence electrons. The molecule has 9 nitrogen and oxygen atoms in total. The maximum absolute atomic E-state index is 12.6. The van der Waals surface area contributed by atoms with Crippen LogP contribution in [0.15, 0.2) is 64.2 Å². The minimum Gasteiger partial charge on any atom is -0.491 e. The van der Waals surface area contributed by atoms with E-state index in [1.165, 1.54) is 10.1 Å². The standard InChI is InChI=1S/C25H29N5O4/c1-3-17-9-11-20(12-10-17)34-16-19(31)15-30-21-22(29(2)25(33)28-23(21)32)27-24(30)26-14-13-18-7-5-4-6-8-18/h4-12,19,31H,3,13-16H2,1-2H3,(H,26,27)(H,28,32,33). The number of fused-ring (bicyclic) bond motifs is 1. The van der Waals surface area contributed by atoms with Crippen molar-refractivity contribution in [2.45, 2.75) is 32.4 Å². The summed E-state index contributed by atoms with van der Waals surface area (Å²) < 4.78 is 8.62. The maximum atomic E-state index is 12.6. The fraction of sp³-hybridized carbons (Fsp3) is 0.320. The predicted molar refractivity (Wildman–Crippen MR) is 132 cm³/mol. The average molecular weight is 464 g/mol. The van der Waals surface area contributed by atoms with Gasteiger partial charge in [0.2, 0.25) is 5.95 Å². The molecule has 1 unspecified atom stereocenters. The Morgan fingerprint density at radius 2 is 1.82 bits per heavy atom. The molecule has 0 saturated heterocycles. The van der Waals surface area contributed by atoms with Crippen molar-refractivity contribution < 1.29 is 9.84 Å². The third kappa shape index (κ3) is 5.20. The summed E-state index contributed by atoms with van der Waals surface area (Å²) in [5.74, 6) is 1.07. The Labute approximate surface area is 196 Å². The summed E-state index contributed by atoms with van der Waals surface area (Å²) in [4.78, 5) is 31.5. The Balaban J connectivity index is 1.54. The number of rotatable bonds is 10. The molecule has 0 aliphatic heterocycles. The molecule has 4 aromatic rings. The first-order valence-electron chi connectivity index (χ1n) is 11.3. The molecule has 1 atom stereocenters. The summed E-state index contributed by atoms with van der Waals surface area (Å²) in [5.41, 5.74) is 1.73. The molecule has 2 heterocycles. The van der Waals surface area contributed by atoms with Gasteiger partial charge < -0.3 is 19.7 Å². The van der Waals surface area contributed by atoms with E-state index in [9.17, 15) is 14.7 Å². The van der Waals surface area contributed by atoms with E-state index in [-0.39, 0.29) is 24.3 Å². The van der Waals surface area contributed by atoms with E-state index < -0.39 is 17.4 Å². The van der Waals surface area contributed by atoms with Crippen LogP contribution < -0.4 is 21.3 Å². The lowest BCUT2D eigenvalue weighted by Gasteiger charge is -2.16. The lowest BCUT2D eigenvalue weighted by molar-refractivity contribution is 0.0938. The van der Waals surface area contributed by atoms with Gasteiger partial charge in [0.1, 0.15) is 18.5 Å². The second-order valence-corrected chi connectivity index (χ2v) is 8.16. The van der Waals surface area contributed by atoms with E-state index in [4.69, 9.17) is 4.74 Å². The van der Waals surface area contributed by atoms with E-state index in [2.05, 4.69) is 22.2 Å². The number of aliphatic hydroxyl groups excluding tert-OH is 1. The van der Waals surface area contributed by atoms with Crippen molar-refractivity contribution in [3.8, 4) is 5.75 Å². The van der Waals surface area contributed by atoms with Gasteiger partial charge in [0.25, 0.3) is 5.56 Å². The van der Waals surface area contributed by atoms with Crippen molar-refractivity contribution >= 4 is 17.1 Å². The molecule has 0 saturated carbocycles. The van der Waals surface area contributed by atoms with Gasteiger partial charge in [-0.2, -0.15) is 4.98 Å². The number of aromatic nitrogens is 4. The molecule has 0 spiro atoms. The molecule has 4 rings (SSSR count). The van der Waals surface area contributed by atoms with Crippen LogP contribution in [0.4, 0.5) is 5.95 Å². The SMILES string of the molecule is CCc1ccc(OCC(O)Cn2c(NCCc3ccccc3)nc3c2c(=O)[nH]c(=O)n3C)cc1. The second-order valence-electron chi connectivity index (χ2n) is 8.16. The molecule has 0 amide bonds. The van der Waals surface area contributed by atoms with Gasteiger partial charge in [0, 0.05) is 13.6 Å². The molecule has 0 fully saturated rings. The van der Waals surface area contributed by atoms with E-state index in [0.29, 0.717) is 18.2 Å². The first-order valence-corrected chi connectivity index (χ1v) is 11.3. The highest BCUT2D eigenvalue weighted by Crippen LogP contribution is 2.17. The number of anilines is 1.